The Morgan fingerprint density at radius 1 is 1.42 bits per heavy atom. The average Bonchev–Trinajstić information content (AvgIpc) is 2.04. The highest BCUT2D eigenvalue weighted by Gasteiger charge is 2.22. The van der Waals surface area contributed by atoms with E-state index in [1.165, 1.54) is 0 Å². The van der Waals surface area contributed by atoms with E-state index in [1.54, 1.807) is 12.1 Å². The van der Waals surface area contributed by atoms with Gasteiger partial charge in [0.2, 0.25) is 0 Å². The number of rotatable bonds is 0. The van der Waals surface area contributed by atoms with Gasteiger partial charge in [-0.1, -0.05) is 12.1 Å². The molecule has 1 aromatic rings. The summed E-state index contributed by atoms with van der Waals surface area (Å²) in [6.45, 7) is 0. The van der Waals surface area contributed by atoms with Gasteiger partial charge in [0, 0.05) is 0 Å². The van der Waals surface area contributed by atoms with E-state index in [2.05, 4.69) is 6.07 Å². The summed E-state index contributed by atoms with van der Waals surface area (Å²) in [5.74, 6) is 0.290. The monoisotopic (exact) mass is 181 g/mol. The lowest BCUT2D eigenvalue weighted by atomic mass is 10.1. The molecule has 0 aromatic heterocycles. The molecule has 63 valence electrons. The first-order chi connectivity index (χ1) is 5.70. The van der Waals surface area contributed by atoms with Gasteiger partial charge in [-0.15, -0.1) is 0 Å². The maximum atomic E-state index is 11.5. The van der Waals surface area contributed by atoms with Crippen LogP contribution in [0.4, 0.5) is 0 Å². The van der Waals surface area contributed by atoms with Gasteiger partial charge < -0.3 is 0 Å². The maximum absolute atomic E-state index is 11.5. The summed E-state index contributed by atoms with van der Waals surface area (Å²) in [6, 6.07) is 7.97. The molecule has 0 aliphatic carbocycles. The third-order valence-corrected chi connectivity index (χ3v) is 3.98. The van der Waals surface area contributed by atoms with Crippen molar-refractivity contribution in [3.05, 3.63) is 29.8 Å². The predicted octanol–water partition coefficient (Wildman–Crippen LogP) is 1.21. The second kappa shape index (κ2) is 2.59. The van der Waals surface area contributed by atoms with Crippen LogP contribution in [-0.4, -0.2) is 14.2 Å². The zero-order valence-corrected chi connectivity index (χ0v) is 7.39. The molecule has 0 N–H and O–H groups in total. The summed E-state index contributed by atoms with van der Waals surface area (Å²) < 4.78 is 22.9. The lowest BCUT2D eigenvalue weighted by molar-refractivity contribution is 0.586. The molecule has 0 saturated heterocycles. The smallest absolute Gasteiger partial charge is 0.178 e. The topological polar surface area (TPSA) is 34.1 Å². The van der Waals surface area contributed by atoms with Crippen molar-refractivity contribution in [2.45, 2.75) is 17.7 Å². The van der Waals surface area contributed by atoms with Crippen molar-refractivity contribution in [1.29, 1.82) is 0 Å². The molecule has 0 fully saturated rings. The summed E-state index contributed by atoms with van der Waals surface area (Å²) in [4.78, 5) is 0.483. The largest absolute Gasteiger partial charge is 0.224 e. The van der Waals surface area contributed by atoms with Crippen LogP contribution in [0.1, 0.15) is 12.0 Å². The molecule has 3 heteroatoms. The quantitative estimate of drug-likeness (QED) is 0.602. The van der Waals surface area contributed by atoms with Gasteiger partial charge in [-0.25, -0.2) is 8.42 Å². The molecular weight excluding hydrogens is 172 g/mol. The van der Waals surface area contributed by atoms with Gasteiger partial charge in [0.25, 0.3) is 0 Å². The van der Waals surface area contributed by atoms with E-state index in [0.29, 0.717) is 4.90 Å². The molecule has 1 aliphatic rings. The maximum Gasteiger partial charge on any atom is 0.178 e. The highest BCUT2D eigenvalue weighted by atomic mass is 32.2. The second-order valence-electron chi connectivity index (χ2n) is 2.96. The van der Waals surface area contributed by atoms with Gasteiger partial charge in [0.15, 0.2) is 9.84 Å². The normalized spacial score (nSPS) is 20.0. The van der Waals surface area contributed by atoms with E-state index in [9.17, 15) is 8.42 Å². The van der Waals surface area contributed by atoms with Crippen LogP contribution < -0.4 is 0 Å². The molecule has 2 rings (SSSR count). The average molecular weight is 181 g/mol. The molecule has 1 radical (unpaired) electrons. The molecule has 2 nitrogen and oxygen atoms in total. The van der Waals surface area contributed by atoms with E-state index in [4.69, 9.17) is 0 Å². The van der Waals surface area contributed by atoms with Crippen molar-refractivity contribution in [3.63, 3.8) is 0 Å². The standard InChI is InChI=1S/C9H9O2S/c10-12(11)7-3-5-8-4-1-2-6-9(8)12/h1,4,6H,3,5,7H2. The first kappa shape index (κ1) is 7.80. The van der Waals surface area contributed by atoms with Crippen LogP contribution in [0.25, 0.3) is 0 Å². The van der Waals surface area contributed by atoms with Crippen molar-refractivity contribution in [1.82, 2.24) is 0 Å². The highest BCUT2D eigenvalue weighted by Crippen LogP contribution is 2.23. The van der Waals surface area contributed by atoms with E-state index in [0.717, 1.165) is 18.4 Å². The first-order valence-corrected chi connectivity index (χ1v) is 5.57. The van der Waals surface area contributed by atoms with Crippen LogP contribution in [0.2, 0.25) is 0 Å². The molecule has 0 bridgehead atoms. The van der Waals surface area contributed by atoms with Crippen LogP contribution in [0.15, 0.2) is 23.1 Å². The zero-order valence-electron chi connectivity index (χ0n) is 6.58. The number of aryl methyl sites for hydroxylation is 1. The summed E-state index contributed by atoms with van der Waals surface area (Å²) >= 11 is 0. The zero-order chi connectivity index (χ0) is 8.60. The Balaban J connectivity index is 2.67. The van der Waals surface area contributed by atoms with Gasteiger partial charge in [-0.3, -0.25) is 0 Å². The lowest BCUT2D eigenvalue weighted by Crippen LogP contribution is -2.15. The molecule has 1 aromatic carbocycles. The molecular formula is C9H9O2S. The number of fused-ring (bicyclic) bond motifs is 1. The molecule has 1 heterocycles. The van der Waals surface area contributed by atoms with E-state index in [-0.39, 0.29) is 5.75 Å². The van der Waals surface area contributed by atoms with E-state index < -0.39 is 9.84 Å². The van der Waals surface area contributed by atoms with Crippen molar-refractivity contribution in [2.24, 2.45) is 0 Å². The Kier molecular flexibility index (Phi) is 1.68. The number of hydrogen-bond donors (Lipinski definition) is 0. The van der Waals surface area contributed by atoms with Crippen LogP contribution in [0.3, 0.4) is 0 Å². The second-order valence-corrected chi connectivity index (χ2v) is 5.03. The van der Waals surface area contributed by atoms with Crippen molar-refractivity contribution in [3.8, 4) is 0 Å². The Morgan fingerprint density at radius 3 is 3.00 bits per heavy atom. The third-order valence-electron chi connectivity index (χ3n) is 2.11. The molecule has 1 aliphatic heterocycles. The number of benzene rings is 1. The Bertz CT molecular complexity index is 393. The van der Waals surface area contributed by atoms with Crippen LogP contribution in [0.5, 0.6) is 0 Å². The highest BCUT2D eigenvalue weighted by molar-refractivity contribution is 7.91. The minimum Gasteiger partial charge on any atom is -0.224 e. The Hall–Kier alpha value is -0.830. The predicted molar refractivity (Wildman–Crippen MR) is 45.7 cm³/mol. The van der Waals surface area contributed by atoms with Gasteiger partial charge in [0.1, 0.15) is 0 Å². The Labute approximate surface area is 72.1 Å². The first-order valence-electron chi connectivity index (χ1n) is 3.92. The molecule has 0 atom stereocenters. The van der Waals surface area contributed by atoms with Crippen LogP contribution in [0, 0.1) is 6.07 Å². The fourth-order valence-corrected chi connectivity index (χ4v) is 3.07. The molecule has 0 saturated carbocycles. The molecule has 0 amide bonds. The summed E-state index contributed by atoms with van der Waals surface area (Å²) in [5, 5.41) is 0. The number of sulfone groups is 1. The molecule has 0 unspecified atom stereocenters. The lowest BCUT2D eigenvalue weighted by Gasteiger charge is -2.14. The minimum atomic E-state index is -2.97. The minimum absolute atomic E-state index is 0.290. The van der Waals surface area contributed by atoms with Crippen molar-refractivity contribution >= 4 is 9.84 Å². The fraction of sp³-hybridized carbons (Fsp3) is 0.333. The van der Waals surface area contributed by atoms with Crippen LogP contribution in [-0.2, 0) is 16.3 Å². The van der Waals surface area contributed by atoms with Crippen LogP contribution >= 0.6 is 0 Å². The van der Waals surface area contributed by atoms with Gasteiger partial charge in [-0.05, 0) is 30.5 Å². The number of hydrogen-bond acceptors (Lipinski definition) is 2. The molecule has 0 spiro atoms. The summed E-state index contributed by atoms with van der Waals surface area (Å²) in [7, 11) is -2.97. The third kappa shape index (κ3) is 1.14. The summed E-state index contributed by atoms with van der Waals surface area (Å²) in [5.41, 5.74) is 0.944. The van der Waals surface area contributed by atoms with E-state index >= 15 is 0 Å². The Morgan fingerprint density at radius 2 is 2.25 bits per heavy atom. The van der Waals surface area contributed by atoms with Crippen molar-refractivity contribution < 1.29 is 8.42 Å². The van der Waals surface area contributed by atoms with Crippen molar-refractivity contribution in [2.75, 3.05) is 5.75 Å². The SMILES string of the molecule is O=S1(=O)CCCc2cc[c]cc21. The fourth-order valence-electron chi connectivity index (χ4n) is 1.51. The van der Waals surface area contributed by atoms with E-state index in [1.807, 2.05) is 6.07 Å². The van der Waals surface area contributed by atoms with Gasteiger partial charge in [0.05, 0.1) is 10.6 Å². The van der Waals surface area contributed by atoms with Gasteiger partial charge >= 0.3 is 0 Å². The van der Waals surface area contributed by atoms with Gasteiger partial charge in [-0.2, -0.15) is 0 Å². The summed E-state index contributed by atoms with van der Waals surface area (Å²) in [6.07, 6.45) is 1.63. The molecule has 12 heavy (non-hydrogen) atoms.